The summed E-state index contributed by atoms with van der Waals surface area (Å²) in [5.74, 6) is -0.947. The van der Waals surface area contributed by atoms with Crippen molar-refractivity contribution in [2.45, 2.75) is 37.5 Å². The van der Waals surface area contributed by atoms with E-state index >= 15 is 0 Å². The minimum atomic E-state index is -3.81. The number of rotatable bonds is 5. The second kappa shape index (κ2) is 5.94. The molecule has 7 heteroatoms. The van der Waals surface area contributed by atoms with Crippen molar-refractivity contribution in [1.29, 1.82) is 0 Å². The lowest BCUT2D eigenvalue weighted by Crippen LogP contribution is -2.41. The molecule has 1 aliphatic rings. The summed E-state index contributed by atoms with van der Waals surface area (Å²) in [6.45, 7) is 1.71. The van der Waals surface area contributed by atoms with Crippen LogP contribution in [0.25, 0.3) is 0 Å². The highest BCUT2D eigenvalue weighted by molar-refractivity contribution is 7.89. The zero-order chi connectivity index (χ0) is 15.7. The predicted octanol–water partition coefficient (Wildman–Crippen LogP) is 2.57. The molecular formula is C14H18ClNO4S. The molecule has 1 saturated carbocycles. The number of carboxylic acid groups (broad SMARTS) is 1. The van der Waals surface area contributed by atoms with Gasteiger partial charge in [-0.2, -0.15) is 0 Å². The number of benzene rings is 1. The highest BCUT2D eigenvalue weighted by atomic mass is 35.5. The van der Waals surface area contributed by atoms with Gasteiger partial charge in [-0.3, -0.25) is 4.79 Å². The monoisotopic (exact) mass is 331 g/mol. The van der Waals surface area contributed by atoms with Gasteiger partial charge in [0.25, 0.3) is 0 Å². The van der Waals surface area contributed by atoms with Crippen LogP contribution in [0, 0.1) is 12.3 Å². The molecule has 0 radical (unpaired) electrons. The first-order valence-electron chi connectivity index (χ1n) is 6.76. The molecule has 2 N–H and O–H groups in total. The number of hydrogen-bond acceptors (Lipinski definition) is 3. The third-order valence-electron chi connectivity index (χ3n) is 3.99. The molecule has 0 bridgehead atoms. The third-order valence-corrected chi connectivity index (χ3v) is 5.88. The average molecular weight is 332 g/mol. The molecule has 0 saturated heterocycles. The summed E-state index contributed by atoms with van der Waals surface area (Å²) in [4.78, 5) is 11.4. The fourth-order valence-corrected chi connectivity index (χ4v) is 4.38. The van der Waals surface area contributed by atoms with E-state index in [-0.39, 0.29) is 16.5 Å². The van der Waals surface area contributed by atoms with Gasteiger partial charge in [0.05, 0.1) is 10.4 Å². The van der Waals surface area contributed by atoms with Crippen molar-refractivity contribution < 1.29 is 18.3 Å². The molecule has 0 aromatic heterocycles. The maximum Gasteiger partial charge on any atom is 0.310 e. The van der Waals surface area contributed by atoms with Crippen molar-refractivity contribution in [3.8, 4) is 0 Å². The van der Waals surface area contributed by atoms with Gasteiger partial charge >= 0.3 is 5.97 Å². The van der Waals surface area contributed by atoms with E-state index in [0.29, 0.717) is 12.8 Å². The Balaban J connectivity index is 2.20. The molecule has 0 aliphatic heterocycles. The fourth-order valence-electron chi connectivity index (χ4n) is 2.65. The lowest BCUT2D eigenvalue weighted by Gasteiger charge is -2.24. The second-order valence-electron chi connectivity index (χ2n) is 5.55. The summed E-state index contributed by atoms with van der Waals surface area (Å²) in [5.41, 5.74) is -0.138. The quantitative estimate of drug-likeness (QED) is 0.868. The van der Waals surface area contributed by atoms with Gasteiger partial charge in [0.2, 0.25) is 10.0 Å². The molecule has 1 aliphatic carbocycles. The Morgan fingerprint density at radius 3 is 2.52 bits per heavy atom. The Morgan fingerprint density at radius 2 is 2.00 bits per heavy atom. The molecule has 0 atom stereocenters. The van der Waals surface area contributed by atoms with Crippen LogP contribution in [-0.4, -0.2) is 26.0 Å². The van der Waals surface area contributed by atoms with Crippen LogP contribution in [0.15, 0.2) is 23.1 Å². The largest absolute Gasteiger partial charge is 0.481 e. The van der Waals surface area contributed by atoms with E-state index < -0.39 is 21.4 Å². The van der Waals surface area contributed by atoms with E-state index in [1.54, 1.807) is 12.1 Å². The Labute approximate surface area is 129 Å². The van der Waals surface area contributed by atoms with E-state index in [0.717, 1.165) is 18.4 Å². The van der Waals surface area contributed by atoms with Crippen LogP contribution >= 0.6 is 11.6 Å². The Kier molecular flexibility index (Phi) is 4.60. The van der Waals surface area contributed by atoms with Crippen LogP contribution in [0.1, 0.15) is 31.2 Å². The lowest BCUT2D eigenvalue weighted by molar-refractivity contribution is -0.148. The molecule has 0 amide bonds. The fraction of sp³-hybridized carbons (Fsp3) is 0.500. The van der Waals surface area contributed by atoms with Crippen molar-refractivity contribution in [3.63, 3.8) is 0 Å². The molecule has 5 nitrogen and oxygen atoms in total. The molecule has 0 unspecified atom stereocenters. The first kappa shape index (κ1) is 16.3. The van der Waals surface area contributed by atoms with Crippen LogP contribution < -0.4 is 4.72 Å². The van der Waals surface area contributed by atoms with Crippen molar-refractivity contribution in [1.82, 2.24) is 4.72 Å². The Morgan fingerprint density at radius 1 is 1.38 bits per heavy atom. The SMILES string of the molecule is Cc1ccc(S(=O)(=O)NCC2(C(=O)O)CCCC2)c(Cl)c1. The molecular weight excluding hydrogens is 314 g/mol. The van der Waals surface area contributed by atoms with E-state index in [1.807, 2.05) is 6.92 Å². The minimum Gasteiger partial charge on any atom is -0.481 e. The normalized spacial score (nSPS) is 17.8. The molecule has 1 fully saturated rings. The van der Waals surface area contributed by atoms with Gasteiger partial charge in [0, 0.05) is 6.54 Å². The van der Waals surface area contributed by atoms with Crippen LogP contribution in [0.3, 0.4) is 0 Å². The second-order valence-corrected chi connectivity index (χ2v) is 7.69. The lowest BCUT2D eigenvalue weighted by atomic mass is 9.87. The van der Waals surface area contributed by atoms with Crippen LogP contribution in [0.2, 0.25) is 5.02 Å². The maximum atomic E-state index is 12.3. The van der Waals surface area contributed by atoms with Crippen molar-refractivity contribution >= 4 is 27.6 Å². The number of halogens is 1. The minimum absolute atomic E-state index is 0.0201. The number of aryl methyl sites for hydroxylation is 1. The van der Waals surface area contributed by atoms with Crippen LogP contribution in [-0.2, 0) is 14.8 Å². The summed E-state index contributed by atoms with van der Waals surface area (Å²) in [6.07, 6.45) is 2.59. The van der Waals surface area contributed by atoms with Gasteiger partial charge in [-0.25, -0.2) is 13.1 Å². The molecule has 1 aromatic carbocycles. The number of hydrogen-bond donors (Lipinski definition) is 2. The molecule has 1 aromatic rings. The van der Waals surface area contributed by atoms with Crippen molar-refractivity contribution in [3.05, 3.63) is 28.8 Å². The Hall–Kier alpha value is -1.11. The molecule has 21 heavy (non-hydrogen) atoms. The van der Waals surface area contributed by atoms with Gasteiger partial charge in [0.15, 0.2) is 0 Å². The third kappa shape index (κ3) is 3.39. The van der Waals surface area contributed by atoms with Gasteiger partial charge in [-0.15, -0.1) is 0 Å². The smallest absolute Gasteiger partial charge is 0.310 e. The number of carbonyl (C=O) groups is 1. The van der Waals surface area contributed by atoms with E-state index in [2.05, 4.69) is 4.72 Å². The van der Waals surface area contributed by atoms with Crippen LogP contribution in [0.4, 0.5) is 0 Å². The van der Waals surface area contributed by atoms with E-state index in [1.165, 1.54) is 6.07 Å². The highest BCUT2D eigenvalue weighted by Gasteiger charge is 2.42. The first-order chi connectivity index (χ1) is 9.77. The summed E-state index contributed by atoms with van der Waals surface area (Å²) >= 11 is 5.97. The average Bonchev–Trinajstić information content (AvgIpc) is 2.86. The topological polar surface area (TPSA) is 83.5 Å². The zero-order valence-corrected chi connectivity index (χ0v) is 13.3. The summed E-state index contributed by atoms with van der Waals surface area (Å²) in [7, 11) is -3.81. The number of nitrogens with one attached hydrogen (secondary N) is 1. The molecule has 0 heterocycles. The number of aliphatic carboxylic acids is 1. The predicted molar refractivity (Wildman–Crippen MR) is 79.9 cm³/mol. The molecule has 2 rings (SSSR count). The number of carboxylic acids is 1. The first-order valence-corrected chi connectivity index (χ1v) is 8.62. The zero-order valence-electron chi connectivity index (χ0n) is 11.7. The standard InChI is InChI=1S/C14H18ClNO4S/c1-10-4-5-12(11(15)8-10)21(19,20)16-9-14(13(17)18)6-2-3-7-14/h4-5,8,16H,2-3,6-7,9H2,1H3,(H,17,18). The van der Waals surface area contributed by atoms with E-state index in [9.17, 15) is 18.3 Å². The summed E-state index contributed by atoms with van der Waals surface area (Å²) < 4.78 is 27.0. The van der Waals surface area contributed by atoms with Gasteiger partial charge in [-0.05, 0) is 37.5 Å². The van der Waals surface area contributed by atoms with Gasteiger partial charge in [0.1, 0.15) is 4.90 Å². The molecule has 0 spiro atoms. The molecule has 116 valence electrons. The van der Waals surface area contributed by atoms with E-state index in [4.69, 9.17) is 11.6 Å². The summed E-state index contributed by atoms with van der Waals surface area (Å²) in [6, 6.07) is 4.66. The van der Waals surface area contributed by atoms with Crippen LogP contribution in [0.5, 0.6) is 0 Å². The highest BCUT2D eigenvalue weighted by Crippen LogP contribution is 2.38. The van der Waals surface area contributed by atoms with Crippen molar-refractivity contribution in [2.24, 2.45) is 5.41 Å². The number of sulfonamides is 1. The van der Waals surface area contributed by atoms with Gasteiger partial charge < -0.3 is 5.11 Å². The Bertz CT molecular complexity index is 651. The maximum absolute atomic E-state index is 12.3. The summed E-state index contributed by atoms with van der Waals surface area (Å²) in [5, 5.41) is 9.50. The van der Waals surface area contributed by atoms with Gasteiger partial charge in [-0.1, -0.05) is 30.5 Å². The van der Waals surface area contributed by atoms with Crippen molar-refractivity contribution in [2.75, 3.05) is 6.54 Å².